The largest absolute Gasteiger partial charge is 0.450 e. The monoisotopic (exact) mass is 453 g/mol. The maximum atomic E-state index is 13.8. The second-order valence-electron chi connectivity index (χ2n) is 8.06. The molecule has 9 heteroatoms. The van der Waals surface area contributed by atoms with Gasteiger partial charge in [0, 0.05) is 23.6 Å². The van der Waals surface area contributed by atoms with E-state index >= 15 is 0 Å². The molecule has 34 heavy (non-hydrogen) atoms. The van der Waals surface area contributed by atoms with Crippen molar-refractivity contribution in [2.45, 2.75) is 13.0 Å². The van der Waals surface area contributed by atoms with Crippen molar-refractivity contribution < 1.29 is 18.7 Å². The molecular formula is C25H15N3O6. The molecule has 0 saturated heterocycles. The van der Waals surface area contributed by atoms with Crippen molar-refractivity contribution in [2.24, 2.45) is 0 Å². The number of aryl methyl sites for hydroxylation is 1. The zero-order valence-corrected chi connectivity index (χ0v) is 17.7. The van der Waals surface area contributed by atoms with Crippen LogP contribution >= 0.6 is 0 Å². The topological polar surface area (TPSA) is 120 Å². The third kappa shape index (κ3) is 2.77. The van der Waals surface area contributed by atoms with Gasteiger partial charge in [0.1, 0.15) is 11.3 Å². The lowest BCUT2D eigenvalue weighted by molar-refractivity contribution is -0.384. The molecule has 1 atom stereocenters. The second kappa shape index (κ2) is 7.11. The summed E-state index contributed by atoms with van der Waals surface area (Å²) >= 11 is 0. The predicted molar refractivity (Wildman–Crippen MR) is 123 cm³/mol. The van der Waals surface area contributed by atoms with Crippen LogP contribution in [0.5, 0.6) is 0 Å². The molecule has 1 aliphatic heterocycles. The van der Waals surface area contributed by atoms with Gasteiger partial charge in [-0.25, -0.2) is 0 Å². The summed E-state index contributed by atoms with van der Waals surface area (Å²) in [5, 5.41) is 17.3. The first-order chi connectivity index (χ1) is 16.4. The molecule has 0 aliphatic carbocycles. The minimum absolute atomic E-state index is 0.105. The average molecular weight is 453 g/mol. The smallest absolute Gasteiger partial charge is 0.296 e. The molecule has 0 unspecified atom stereocenters. The minimum atomic E-state index is -0.973. The van der Waals surface area contributed by atoms with E-state index in [1.807, 2.05) is 30.3 Å². The molecule has 166 valence electrons. The SMILES string of the molecule is Cc1cc(N2C(=O)c3oc4c(ccc5ccccc54)c(=O)c3[C@H]2c2cccc([N+](=O)[O-])c2)no1. The molecule has 1 amide bonds. The number of nitrogens with zero attached hydrogens (tertiary/aromatic N) is 3. The van der Waals surface area contributed by atoms with E-state index in [9.17, 15) is 19.7 Å². The molecule has 0 N–H and O–H groups in total. The van der Waals surface area contributed by atoms with Gasteiger partial charge in [-0.15, -0.1) is 0 Å². The van der Waals surface area contributed by atoms with Gasteiger partial charge < -0.3 is 8.94 Å². The molecule has 3 heterocycles. The molecular weight excluding hydrogens is 438 g/mol. The zero-order valence-electron chi connectivity index (χ0n) is 17.7. The van der Waals surface area contributed by atoms with Crippen molar-refractivity contribution in [1.82, 2.24) is 5.16 Å². The molecule has 1 aliphatic rings. The van der Waals surface area contributed by atoms with E-state index in [2.05, 4.69) is 5.16 Å². The summed E-state index contributed by atoms with van der Waals surface area (Å²) in [5.41, 5.74) is 0.259. The van der Waals surface area contributed by atoms with Gasteiger partial charge in [-0.2, -0.15) is 0 Å². The van der Waals surface area contributed by atoms with E-state index < -0.39 is 16.9 Å². The molecule has 6 rings (SSSR count). The summed E-state index contributed by atoms with van der Waals surface area (Å²) in [7, 11) is 0. The summed E-state index contributed by atoms with van der Waals surface area (Å²) < 4.78 is 11.3. The van der Waals surface area contributed by atoms with Crippen molar-refractivity contribution in [1.29, 1.82) is 0 Å². The standard InChI is InChI=1S/C25H15N3O6/c1-13-11-19(26-34-13)27-21(15-6-4-7-16(12-15)28(31)32)20-22(29)18-10-9-14-5-2-3-8-17(14)23(18)33-24(20)25(27)30/h2-12,21H,1H3/t21-/m1/s1. The Bertz CT molecular complexity index is 1720. The quantitative estimate of drug-likeness (QED) is 0.216. The minimum Gasteiger partial charge on any atom is -0.450 e. The fourth-order valence-corrected chi connectivity index (χ4v) is 4.53. The van der Waals surface area contributed by atoms with E-state index in [0.29, 0.717) is 27.7 Å². The number of rotatable bonds is 3. The molecule has 0 radical (unpaired) electrons. The molecule has 3 aromatic carbocycles. The van der Waals surface area contributed by atoms with E-state index in [0.717, 1.165) is 5.39 Å². The average Bonchev–Trinajstić information content (AvgIpc) is 3.40. The maximum Gasteiger partial charge on any atom is 0.296 e. The highest BCUT2D eigenvalue weighted by Crippen LogP contribution is 2.42. The Hall–Kier alpha value is -4.79. The number of anilines is 1. The fraction of sp³-hybridized carbons (Fsp3) is 0.0800. The molecule has 0 saturated carbocycles. The number of aromatic nitrogens is 1. The zero-order chi connectivity index (χ0) is 23.6. The molecule has 0 bridgehead atoms. The summed E-state index contributed by atoms with van der Waals surface area (Å²) in [6.45, 7) is 1.68. The lowest BCUT2D eigenvalue weighted by Gasteiger charge is -2.22. The molecule has 0 fully saturated rings. The number of carbonyl (C=O) groups is 1. The number of benzene rings is 3. The van der Waals surface area contributed by atoms with Crippen LogP contribution < -0.4 is 10.3 Å². The maximum absolute atomic E-state index is 13.8. The normalized spacial score (nSPS) is 15.3. The molecule has 2 aromatic heterocycles. The lowest BCUT2D eigenvalue weighted by Crippen LogP contribution is -2.29. The van der Waals surface area contributed by atoms with Crippen LogP contribution in [0.4, 0.5) is 11.5 Å². The first-order valence-electron chi connectivity index (χ1n) is 10.4. The number of amides is 1. The summed E-state index contributed by atoms with van der Waals surface area (Å²) in [4.78, 5) is 39.6. The van der Waals surface area contributed by atoms with E-state index in [1.165, 1.54) is 23.1 Å². The second-order valence-corrected chi connectivity index (χ2v) is 8.06. The van der Waals surface area contributed by atoms with E-state index in [1.54, 1.807) is 25.1 Å². The van der Waals surface area contributed by atoms with E-state index in [-0.39, 0.29) is 28.3 Å². The van der Waals surface area contributed by atoms with E-state index in [4.69, 9.17) is 8.94 Å². The number of nitro benzene ring substituents is 1. The van der Waals surface area contributed by atoms with Gasteiger partial charge in [-0.1, -0.05) is 47.6 Å². The van der Waals surface area contributed by atoms with Crippen molar-refractivity contribution in [3.8, 4) is 0 Å². The Morgan fingerprint density at radius 2 is 1.82 bits per heavy atom. The fourth-order valence-electron chi connectivity index (χ4n) is 4.53. The van der Waals surface area contributed by atoms with Crippen molar-refractivity contribution >= 4 is 39.2 Å². The molecule has 5 aromatic rings. The molecule has 9 nitrogen and oxygen atoms in total. The molecule has 0 spiro atoms. The van der Waals surface area contributed by atoms with Gasteiger partial charge in [-0.3, -0.25) is 24.6 Å². The van der Waals surface area contributed by atoms with Gasteiger partial charge in [0.05, 0.1) is 21.9 Å². The first kappa shape index (κ1) is 19.9. The predicted octanol–water partition coefficient (Wildman–Crippen LogP) is 4.90. The van der Waals surface area contributed by atoms with Crippen LogP contribution in [0.25, 0.3) is 21.7 Å². The lowest BCUT2D eigenvalue weighted by atomic mass is 9.97. The Balaban J connectivity index is 1.68. The number of hydrogen-bond donors (Lipinski definition) is 0. The first-order valence-corrected chi connectivity index (χ1v) is 10.4. The van der Waals surface area contributed by atoms with Gasteiger partial charge in [0.2, 0.25) is 5.76 Å². The van der Waals surface area contributed by atoms with Crippen LogP contribution in [0.1, 0.15) is 33.5 Å². The van der Waals surface area contributed by atoms with Crippen LogP contribution in [0.15, 0.2) is 80.5 Å². The Kier molecular flexibility index (Phi) is 4.15. The van der Waals surface area contributed by atoms with Crippen LogP contribution in [0.3, 0.4) is 0 Å². The highest BCUT2D eigenvalue weighted by molar-refractivity contribution is 6.12. The van der Waals surface area contributed by atoms with Crippen molar-refractivity contribution in [3.05, 3.63) is 110 Å². The van der Waals surface area contributed by atoms with Crippen LogP contribution in [0, 0.1) is 17.0 Å². The summed E-state index contributed by atoms with van der Waals surface area (Å²) in [6.07, 6.45) is 0. The Morgan fingerprint density at radius 1 is 1.00 bits per heavy atom. The van der Waals surface area contributed by atoms with Gasteiger partial charge in [0.15, 0.2) is 11.2 Å². The Labute approximate surface area is 191 Å². The van der Waals surface area contributed by atoms with Crippen LogP contribution in [0.2, 0.25) is 0 Å². The van der Waals surface area contributed by atoms with Gasteiger partial charge >= 0.3 is 0 Å². The Morgan fingerprint density at radius 3 is 2.59 bits per heavy atom. The summed E-state index contributed by atoms with van der Waals surface area (Å²) in [6, 6.07) is 17.3. The number of hydrogen-bond acceptors (Lipinski definition) is 7. The highest BCUT2D eigenvalue weighted by atomic mass is 16.6. The van der Waals surface area contributed by atoms with Crippen LogP contribution in [-0.2, 0) is 0 Å². The highest BCUT2D eigenvalue weighted by Gasteiger charge is 2.45. The number of nitro groups is 1. The third-order valence-corrected chi connectivity index (χ3v) is 6.02. The van der Waals surface area contributed by atoms with Crippen molar-refractivity contribution in [2.75, 3.05) is 4.90 Å². The van der Waals surface area contributed by atoms with Crippen molar-refractivity contribution in [3.63, 3.8) is 0 Å². The van der Waals surface area contributed by atoms with Crippen LogP contribution in [-0.4, -0.2) is 16.0 Å². The van der Waals surface area contributed by atoms with Gasteiger partial charge in [0.25, 0.3) is 11.6 Å². The summed E-state index contributed by atoms with van der Waals surface area (Å²) in [5.74, 6) is -0.0523. The van der Waals surface area contributed by atoms with Gasteiger partial charge in [-0.05, 0) is 23.9 Å². The third-order valence-electron chi connectivity index (χ3n) is 6.02. The number of fused-ring (bicyclic) bond motifs is 4. The number of carbonyl (C=O) groups excluding carboxylic acids is 1. The number of non-ortho nitro benzene ring substituents is 1.